The predicted octanol–water partition coefficient (Wildman–Crippen LogP) is 1.04. The van der Waals surface area contributed by atoms with Crippen molar-refractivity contribution in [2.24, 2.45) is 5.73 Å². The molecular weight excluding hydrogens is 254 g/mol. The zero-order valence-corrected chi connectivity index (χ0v) is 11.3. The van der Waals surface area contributed by atoms with E-state index in [0.29, 0.717) is 24.0 Å². The Bertz CT molecular complexity index is 600. The van der Waals surface area contributed by atoms with E-state index in [9.17, 15) is 4.79 Å². The smallest absolute Gasteiger partial charge is 0.236 e. The van der Waals surface area contributed by atoms with Crippen molar-refractivity contribution in [1.29, 1.82) is 0 Å². The lowest BCUT2D eigenvalue weighted by atomic mass is 10.2. The van der Waals surface area contributed by atoms with E-state index >= 15 is 0 Å². The van der Waals surface area contributed by atoms with Gasteiger partial charge in [0, 0.05) is 18.2 Å². The third kappa shape index (κ3) is 3.23. The molecule has 0 saturated carbocycles. The zero-order valence-electron chi connectivity index (χ0n) is 11.3. The van der Waals surface area contributed by atoms with Gasteiger partial charge in [-0.1, -0.05) is 30.3 Å². The predicted molar refractivity (Wildman–Crippen MR) is 79.0 cm³/mol. The van der Waals surface area contributed by atoms with Gasteiger partial charge in [-0.05, 0) is 6.92 Å². The molecule has 0 aliphatic rings. The highest BCUT2D eigenvalue weighted by Gasteiger charge is 2.12. The van der Waals surface area contributed by atoms with E-state index in [0.717, 1.165) is 5.56 Å². The first-order valence-electron chi connectivity index (χ1n) is 6.33. The van der Waals surface area contributed by atoms with Gasteiger partial charge in [-0.2, -0.15) is 0 Å². The molecule has 1 amide bonds. The lowest BCUT2D eigenvalue weighted by molar-refractivity contribution is -0.116. The zero-order chi connectivity index (χ0) is 14.5. The summed E-state index contributed by atoms with van der Waals surface area (Å²) in [6.07, 6.45) is 0. The van der Waals surface area contributed by atoms with Gasteiger partial charge in [0.1, 0.15) is 11.6 Å². The van der Waals surface area contributed by atoms with Gasteiger partial charge in [0.05, 0.1) is 6.54 Å². The molecule has 20 heavy (non-hydrogen) atoms. The first kappa shape index (κ1) is 13.8. The molecule has 1 aromatic heterocycles. The number of rotatable bonds is 5. The highest BCUT2D eigenvalue weighted by atomic mass is 16.1. The van der Waals surface area contributed by atoms with Gasteiger partial charge in [-0.25, -0.2) is 9.97 Å². The third-order valence-corrected chi connectivity index (χ3v) is 2.82. The number of hydrogen-bond acceptors (Lipinski definition) is 5. The van der Waals surface area contributed by atoms with Gasteiger partial charge >= 0.3 is 0 Å². The summed E-state index contributed by atoms with van der Waals surface area (Å²) in [7, 11) is 0. The standard InChI is InChI=1S/C14H17N5O/c1-2-19(9-12(16)20)13-8-11(15)17-14(18-13)10-6-4-3-5-7-10/h3-8H,2,9H2,1H3,(H2,16,20)(H2,15,17,18). The monoisotopic (exact) mass is 271 g/mol. The average molecular weight is 271 g/mol. The molecule has 6 nitrogen and oxygen atoms in total. The highest BCUT2D eigenvalue weighted by Crippen LogP contribution is 2.20. The normalized spacial score (nSPS) is 10.2. The summed E-state index contributed by atoms with van der Waals surface area (Å²) in [6, 6.07) is 11.2. The van der Waals surface area contributed by atoms with E-state index in [-0.39, 0.29) is 6.54 Å². The lowest BCUT2D eigenvalue weighted by Crippen LogP contribution is -2.34. The Hall–Kier alpha value is -2.63. The number of primary amides is 1. The van der Waals surface area contributed by atoms with E-state index in [1.54, 1.807) is 11.0 Å². The SMILES string of the molecule is CCN(CC(N)=O)c1cc(N)nc(-c2ccccc2)n1. The summed E-state index contributed by atoms with van der Waals surface area (Å²) in [6.45, 7) is 2.62. The molecule has 0 radical (unpaired) electrons. The summed E-state index contributed by atoms with van der Waals surface area (Å²) in [4.78, 5) is 21.5. The molecule has 0 atom stereocenters. The van der Waals surface area contributed by atoms with Crippen LogP contribution in [0.5, 0.6) is 0 Å². The van der Waals surface area contributed by atoms with Crippen molar-refractivity contribution >= 4 is 17.5 Å². The number of aromatic nitrogens is 2. The summed E-state index contributed by atoms with van der Waals surface area (Å²) >= 11 is 0. The van der Waals surface area contributed by atoms with Crippen molar-refractivity contribution < 1.29 is 4.79 Å². The minimum absolute atomic E-state index is 0.0984. The second kappa shape index (κ2) is 6.01. The van der Waals surface area contributed by atoms with E-state index in [2.05, 4.69) is 9.97 Å². The van der Waals surface area contributed by atoms with Crippen LogP contribution in [0.1, 0.15) is 6.92 Å². The van der Waals surface area contributed by atoms with Gasteiger partial charge in [-0.3, -0.25) is 4.79 Å². The van der Waals surface area contributed by atoms with E-state index < -0.39 is 5.91 Å². The van der Waals surface area contributed by atoms with Crippen molar-refractivity contribution in [1.82, 2.24) is 9.97 Å². The Balaban J connectivity index is 2.40. The topological polar surface area (TPSA) is 98.1 Å². The minimum atomic E-state index is -0.412. The molecule has 4 N–H and O–H groups in total. The summed E-state index contributed by atoms with van der Waals surface area (Å²) in [5.41, 5.74) is 11.9. The number of anilines is 2. The number of hydrogen-bond donors (Lipinski definition) is 2. The summed E-state index contributed by atoms with van der Waals surface area (Å²) in [5.74, 6) is 1.07. The Morgan fingerprint density at radius 2 is 1.95 bits per heavy atom. The van der Waals surface area contributed by atoms with Crippen LogP contribution < -0.4 is 16.4 Å². The Labute approximate surface area is 117 Å². The van der Waals surface area contributed by atoms with Crippen molar-refractivity contribution in [3.05, 3.63) is 36.4 Å². The summed E-state index contributed by atoms with van der Waals surface area (Å²) in [5, 5.41) is 0. The van der Waals surface area contributed by atoms with Crippen LogP contribution in [0.3, 0.4) is 0 Å². The van der Waals surface area contributed by atoms with Crippen LogP contribution in [0.2, 0.25) is 0 Å². The van der Waals surface area contributed by atoms with Gasteiger partial charge in [-0.15, -0.1) is 0 Å². The van der Waals surface area contributed by atoms with Gasteiger partial charge in [0.2, 0.25) is 5.91 Å². The van der Waals surface area contributed by atoms with Crippen LogP contribution in [-0.2, 0) is 4.79 Å². The highest BCUT2D eigenvalue weighted by molar-refractivity contribution is 5.79. The largest absolute Gasteiger partial charge is 0.384 e. The van der Waals surface area contributed by atoms with Crippen molar-refractivity contribution in [2.75, 3.05) is 23.7 Å². The van der Waals surface area contributed by atoms with Crippen LogP contribution in [-0.4, -0.2) is 29.0 Å². The van der Waals surface area contributed by atoms with Gasteiger partial charge in [0.15, 0.2) is 5.82 Å². The molecule has 1 heterocycles. The van der Waals surface area contributed by atoms with Crippen molar-refractivity contribution in [3.63, 3.8) is 0 Å². The molecule has 0 aliphatic heterocycles. The molecular formula is C14H17N5O. The van der Waals surface area contributed by atoms with Gasteiger partial charge in [0.25, 0.3) is 0 Å². The van der Waals surface area contributed by atoms with E-state index in [4.69, 9.17) is 11.5 Å². The van der Waals surface area contributed by atoms with Crippen molar-refractivity contribution in [2.45, 2.75) is 6.92 Å². The fourth-order valence-electron chi connectivity index (χ4n) is 1.87. The maximum Gasteiger partial charge on any atom is 0.236 e. The fourth-order valence-corrected chi connectivity index (χ4v) is 1.87. The number of amides is 1. The number of likely N-dealkylation sites (N-methyl/N-ethyl adjacent to an activating group) is 1. The Kier molecular flexibility index (Phi) is 4.14. The Morgan fingerprint density at radius 3 is 2.55 bits per heavy atom. The quantitative estimate of drug-likeness (QED) is 0.846. The maximum atomic E-state index is 11.1. The van der Waals surface area contributed by atoms with Crippen LogP contribution >= 0.6 is 0 Å². The molecule has 104 valence electrons. The van der Waals surface area contributed by atoms with E-state index in [1.807, 2.05) is 37.3 Å². The molecule has 0 spiro atoms. The summed E-state index contributed by atoms with van der Waals surface area (Å²) < 4.78 is 0. The molecule has 1 aromatic carbocycles. The molecule has 0 saturated heterocycles. The van der Waals surface area contributed by atoms with Gasteiger partial charge < -0.3 is 16.4 Å². The van der Waals surface area contributed by atoms with Crippen LogP contribution in [0.15, 0.2) is 36.4 Å². The third-order valence-electron chi connectivity index (χ3n) is 2.82. The van der Waals surface area contributed by atoms with Crippen LogP contribution in [0.25, 0.3) is 11.4 Å². The van der Waals surface area contributed by atoms with Crippen LogP contribution in [0, 0.1) is 0 Å². The number of nitrogen functional groups attached to an aromatic ring is 1. The molecule has 0 aliphatic carbocycles. The van der Waals surface area contributed by atoms with E-state index in [1.165, 1.54) is 0 Å². The number of nitrogens with two attached hydrogens (primary N) is 2. The number of nitrogens with zero attached hydrogens (tertiary/aromatic N) is 3. The maximum absolute atomic E-state index is 11.1. The number of benzene rings is 1. The molecule has 6 heteroatoms. The second-order valence-electron chi connectivity index (χ2n) is 4.32. The molecule has 0 unspecified atom stereocenters. The minimum Gasteiger partial charge on any atom is -0.384 e. The Morgan fingerprint density at radius 1 is 1.25 bits per heavy atom. The number of carbonyl (C=O) groups is 1. The molecule has 0 fully saturated rings. The first-order chi connectivity index (χ1) is 9.60. The molecule has 0 bridgehead atoms. The lowest BCUT2D eigenvalue weighted by Gasteiger charge is -2.20. The average Bonchev–Trinajstić information content (AvgIpc) is 2.45. The fraction of sp³-hybridized carbons (Fsp3) is 0.214. The second-order valence-corrected chi connectivity index (χ2v) is 4.32. The molecule has 2 aromatic rings. The molecule has 2 rings (SSSR count). The first-order valence-corrected chi connectivity index (χ1v) is 6.33. The van der Waals surface area contributed by atoms with Crippen LogP contribution in [0.4, 0.5) is 11.6 Å². The number of carbonyl (C=O) groups excluding carboxylic acids is 1. The van der Waals surface area contributed by atoms with Crippen molar-refractivity contribution in [3.8, 4) is 11.4 Å².